The number of aromatic nitrogens is 4. The van der Waals surface area contributed by atoms with E-state index >= 15 is 0 Å². The number of hydrogen-bond acceptors (Lipinski definition) is 12. The van der Waals surface area contributed by atoms with Crippen molar-refractivity contribution in [1.29, 1.82) is 5.15 Å². The van der Waals surface area contributed by atoms with E-state index in [1.54, 1.807) is 12.3 Å². The zero-order valence-electron chi connectivity index (χ0n) is 77.4. The molecule has 134 heavy (non-hydrogen) atoms. The molecular weight excluding hydrogens is 2050 g/mol. The molecule has 0 spiro atoms. The average Bonchev–Trinajstić information content (AvgIpc) is 0.757. The molecule has 4 radical (unpaired) electrons. The number of allylic oxidation sites excluding steroid dienone is 1. The molecule has 0 amide bonds. The Hall–Kier alpha value is -12.8. The van der Waals surface area contributed by atoms with E-state index in [0.717, 1.165) is 114 Å². The van der Waals surface area contributed by atoms with E-state index in [4.69, 9.17) is 17.8 Å². The van der Waals surface area contributed by atoms with Crippen LogP contribution >= 0.6 is 9.03 Å². The number of aliphatic hydroxyl groups excluding tert-OH is 2. The van der Waals surface area contributed by atoms with Crippen LogP contribution in [-0.2, 0) is 53.1 Å². The van der Waals surface area contributed by atoms with E-state index in [9.17, 15) is 10.2 Å². The molecule has 0 aliphatic heterocycles. The maximum absolute atomic E-state index is 9.47. The predicted octanol–water partition coefficient (Wildman–Crippen LogP) is 30.3. The van der Waals surface area contributed by atoms with Gasteiger partial charge in [-0.05, 0) is 213 Å². The largest absolute Gasteiger partial charge is 0.881 e. The topological polar surface area (TPSA) is 150 Å². The Morgan fingerprint density at radius 1 is 0.478 bits per heavy atom. The number of fused-ring (bicyclic) bond motifs is 8. The number of pyridine rings is 4. The molecule has 20 rings (SSSR count). The van der Waals surface area contributed by atoms with Crippen molar-refractivity contribution in [3.63, 3.8) is 0 Å². The molecule has 17 heteroatoms. The second-order valence-corrected chi connectivity index (χ2v) is 33.9. The van der Waals surface area contributed by atoms with Gasteiger partial charge in [0, 0.05) is 109 Å². The van der Waals surface area contributed by atoms with Crippen molar-refractivity contribution in [2.24, 2.45) is 11.8 Å². The molecular formula is C117H106Al2Ir2N7O5P-2. The summed E-state index contributed by atoms with van der Waals surface area (Å²) < 4.78 is 22.6. The summed E-state index contributed by atoms with van der Waals surface area (Å²) in [6.45, 7) is 16.5. The van der Waals surface area contributed by atoms with Gasteiger partial charge in [-0.25, -0.2) is 4.98 Å². The molecule has 0 bridgehead atoms. The second kappa shape index (κ2) is 50.3. The fourth-order valence-corrected chi connectivity index (χ4v) is 17.1. The van der Waals surface area contributed by atoms with E-state index in [-0.39, 0.29) is 40.2 Å². The first-order chi connectivity index (χ1) is 65.0. The first kappa shape index (κ1) is 98.7. The van der Waals surface area contributed by atoms with Crippen LogP contribution in [0.5, 0.6) is 17.2 Å². The minimum absolute atomic E-state index is 0. The molecule has 0 fully saturated rings. The molecule has 15 aromatic carbocycles. The third-order valence-corrected chi connectivity index (χ3v) is 23.5. The molecule has 19 aromatic rings. The molecule has 1 aliphatic rings. The van der Waals surface area contributed by atoms with Gasteiger partial charge in [-0.3, -0.25) is 15.1 Å². The Morgan fingerprint density at radius 3 is 1.54 bits per heavy atom. The minimum atomic E-state index is -0.665. The van der Waals surface area contributed by atoms with Crippen LogP contribution in [0.4, 0.5) is 34.1 Å². The number of rotatable bonds is 19. The summed E-state index contributed by atoms with van der Waals surface area (Å²) in [7, 11) is 2.48. The molecule has 1 unspecified atom stereocenters. The van der Waals surface area contributed by atoms with Crippen molar-refractivity contribution in [3.8, 4) is 62.0 Å². The first-order valence-corrected chi connectivity index (χ1v) is 46.4. The van der Waals surface area contributed by atoms with E-state index in [1.807, 2.05) is 142 Å². The van der Waals surface area contributed by atoms with Crippen molar-refractivity contribution >= 4 is 130 Å². The summed E-state index contributed by atoms with van der Waals surface area (Å²) in [6, 6.07) is 139. The number of para-hydroxylation sites is 5. The zero-order valence-corrected chi connectivity index (χ0v) is 84.7. The first-order valence-electron chi connectivity index (χ1n) is 44.9. The smallest absolute Gasteiger partial charge is 0.649 e. The Morgan fingerprint density at radius 2 is 0.970 bits per heavy atom. The minimum Gasteiger partial charge on any atom is -0.649 e. The third-order valence-electron chi connectivity index (χ3n) is 22.4. The number of hydrogen-bond donors (Lipinski definition) is 3. The quantitative estimate of drug-likeness (QED) is 0.0307. The number of benzene rings is 15. The number of aryl methyl sites for hydroxylation is 5. The van der Waals surface area contributed by atoms with Gasteiger partial charge in [-0.2, -0.15) is 0 Å². The summed E-state index contributed by atoms with van der Waals surface area (Å²) in [5, 5.41) is 29.7. The van der Waals surface area contributed by atoms with Crippen molar-refractivity contribution in [1.82, 2.24) is 19.9 Å². The normalized spacial score (nSPS) is 11.2. The summed E-state index contributed by atoms with van der Waals surface area (Å²) in [6.07, 6.45) is 8.18. The second-order valence-electron chi connectivity index (χ2n) is 33.0. The summed E-state index contributed by atoms with van der Waals surface area (Å²) >= 11 is 0.801. The van der Waals surface area contributed by atoms with Gasteiger partial charge in [0.15, 0.2) is 1.41 Å². The van der Waals surface area contributed by atoms with Gasteiger partial charge in [0.1, 0.15) is 22.5 Å². The molecule has 1 atom stereocenters. The molecule has 4 heterocycles. The molecule has 670 valence electrons. The van der Waals surface area contributed by atoms with Crippen LogP contribution in [0.2, 0.25) is 1.41 Å². The van der Waals surface area contributed by atoms with Crippen LogP contribution in [0.3, 0.4) is 0 Å². The van der Waals surface area contributed by atoms with Crippen LogP contribution < -0.4 is 21.2 Å². The van der Waals surface area contributed by atoms with Gasteiger partial charge in [0.05, 0.1) is 34.5 Å². The van der Waals surface area contributed by atoms with E-state index in [2.05, 4.69) is 353 Å². The molecule has 1 aliphatic carbocycles. The summed E-state index contributed by atoms with van der Waals surface area (Å²) in [5.74, 6) is 3.61. The average molecular weight is 2160 g/mol. The molecule has 12 nitrogen and oxygen atoms in total. The van der Waals surface area contributed by atoms with Gasteiger partial charge in [-0.15, -0.1) is 70.3 Å². The van der Waals surface area contributed by atoms with Crippen LogP contribution in [0, 0.1) is 56.8 Å². The van der Waals surface area contributed by atoms with E-state index in [0.29, 0.717) is 30.4 Å². The third kappa shape index (κ3) is 26.6. The fraction of sp³-hybridized carbons (Fsp3) is 0.128. The Kier molecular flexibility index (Phi) is 37.0. The maximum atomic E-state index is 9.47. The van der Waals surface area contributed by atoms with Gasteiger partial charge in [-0.1, -0.05) is 302 Å². The van der Waals surface area contributed by atoms with E-state index < -0.39 is 22.0 Å². The Balaban J connectivity index is 0.000000157. The standard InChI is InChI=1S/C44H32N2.C19H16N.C12H10N.C12H10O.C11H22O2.C10H9NO.C9H7NO.2Al.2Ir.H2NP.H/c1-3-17-37(18-4-1)45(43-23-11-15-35-13-7-9-21-41(35)43)39-29-25-33(26-30-39)34-27-31-40(32-28-34)46(38-19-5-2-6-20-38)44-24-12-16-36-14-8-10-22-42(36)44;1-12-9-13(2)16-8-7-15-11-14-5-3-4-6-18(14)20-19(15)17(16)10-12;1-10-6-5-9-13-12(10)11-7-3-2-4-8-11;13-12-8-6-11(7-9-12)10-4-2-1-3-5-10;1-8(2)5-10(12)7-11(13)6-9(3)4;1-7-5-6-8-3-2-4-9(12)10(8)11-7;11-8-5-1-3-7-4-2-6-10-9(7)8;;;;;1-2;/h1-32H;3-6,9,11H,7-8H2,1-2H3;2-7,9H,1H3;1-9,13H;7-10,12-13H,5-6H2,1-4H3;2-6,12H,1H3;1-6,11H;;;;;1-2H;/q;2*-1;;;;;+1;+2;;;;/p-3/i/hD. The molecule has 4 aromatic heterocycles. The van der Waals surface area contributed by atoms with Crippen molar-refractivity contribution < 1.29 is 63.2 Å². The van der Waals surface area contributed by atoms with Crippen molar-refractivity contribution in [2.75, 3.05) is 9.80 Å². The van der Waals surface area contributed by atoms with Crippen LogP contribution in [-0.4, -0.2) is 68.8 Å². The molecule has 0 saturated heterocycles. The number of anilines is 6. The van der Waals surface area contributed by atoms with Crippen molar-refractivity contribution in [2.45, 2.75) is 87.2 Å². The van der Waals surface area contributed by atoms with Crippen LogP contribution in [0.1, 0.15) is 74.0 Å². The molecule has 0 saturated carbocycles. The van der Waals surface area contributed by atoms with Gasteiger partial charge in [0.25, 0.3) is 0 Å². The van der Waals surface area contributed by atoms with Gasteiger partial charge < -0.3 is 36.4 Å². The van der Waals surface area contributed by atoms with Crippen LogP contribution in [0.15, 0.2) is 406 Å². The van der Waals surface area contributed by atoms with E-state index in [1.165, 1.54) is 99.2 Å². The molecule has 3 N–H and O–H groups in total. The van der Waals surface area contributed by atoms with Gasteiger partial charge >= 0.3 is 32.5 Å². The summed E-state index contributed by atoms with van der Waals surface area (Å²) in [4.78, 5) is 22.7. The monoisotopic (exact) mass is 2160 g/mol. The van der Waals surface area contributed by atoms with Crippen LogP contribution in [0.25, 0.3) is 99.0 Å². The predicted molar refractivity (Wildman–Crippen MR) is 554 cm³/mol. The fourth-order valence-electron chi connectivity index (χ4n) is 16.3. The van der Waals surface area contributed by atoms with Gasteiger partial charge in [0.2, 0.25) is 0 Å². The van der Waals surface area contributed by atoms with Crippen molar-refractivity contribution in [3.05, 3.63) is 452 Å². The Bertz CT molecular complexity index is 6880. The number of aliphatic hydroxyl groups is 2. The Labute approximate surface area is 834 Å². The zero-order chi connectivity index (χ0) is 92.8. The SMILES string of the molecule is CC(C)CC(O)=CC(O)CC(C)C.Cc1[c-]c2c(c(C)c1)CCc1cc3ccccc3nc1-2.Cc1ccc2cccc([O][Al][O]c3ccc(-c4ccccc4)cc3)c2n1.Cc1cccnc1-c1[c-]cccc1.[2H]N=P.[AlH][O]c1cccc2cccnc12.[Ir].[Ir].c1ccc(N(c2ccc(-c3ccc(N(c4ccccc4)c4cccc5ccccc45)cc3)cc2)c2cccc3ccccc23)cc1. The maximum Gasteiger partial charge on any atom is 0.881 e. The number of nitrogens with zero attached hydrogens (tertiary/aromatic N) is 6. The summed E-state index contributed by atoms with van der Waals surface area (Å²) in [5.41, 5.74) is 26.4. The number of nitrogens with one attached hydrogen (secondary N) is 1.